The topological polar surface area (TPSA) is 75.0 Å². The van der Waals surface area contributed by atoms with Crippen LogP contribution >= 0.6 is 0 Å². The number of nitrogen functional groups attached to an aromatic ring is 1. The van der Waals surface area contributed by atoms with Gasteiger partial charge in [-0.05, 0) is 24.3 Å². The molecule has 88 valence electrons. The van der Waals surface area contributed by atoms with Gasteiger partial charge in [0.05, 0.1) is 6.20 Å². The normalized spacial score (nSPS) is 10.2. The molecule has 3 N–H and O–H groups in total. The number of aromatic nitrogens is 2. The first-order valence-corrected chi connectivity index (χ1v) is 4.92. The number of carbonyl (C=O) groups excluding carboxylic acids is 1. The molecule has 0 fully saturated rings. The van der Waals surface area contributed by atoms with Gasteiger partial charge in [-0.3, -0.25) is 9.89 Å². The minimum absolute atomic E-state index is 0.212. The average molecular weight is 234 g/mol. The first-order valence-electron chi connectivity index (χ1n) is 4.92. The maximum Gasteiger partial charge on any atom is 0.263 e. The maximum absolute atomic E-state index is 12.8. The highest BCUT2D eigenvalue weighted by Gasteiger charge is 2.17. The van der Waals surface area contributed by atoms with Crippen LogP contribution in [0.1, 0.15) is 10.4 Å². The van der Waals surface area contributed by atoms with E-state index in [0.29, 0.717) is 5.69 Å². The maximum atomic E-state index is 12.8. The molecule has 0 aliphatic carbocycles. The average Bonchev–Trinajstić information content (AvgIpc) is 2.74. The molecule has 0 unspecified atom stereocenters. The lowest BCUT2D eigenvalue weighted by Crippen LogP contribution is -2.26. The van der Waals surface area contributed by atoms with Crippen LogP contribution in [0.15, 0.2) is 30.5 Å². The summed E-state index contributed by atoms with van der Waals surface area (Å²) in [5.74, 6) is -0.441. The molecule has 1 amide bonds. The highest BCUT2D eigenvalue weighted by Crippen LogP contribution is 2.17. The molecule has 0 saturated carbocycles. The minimum Gasteiger partial charge on any atom is -0.383 e. The number of carbonyl (C=O) groups is 1. The largest absolute Gasteiger partial charge is 0.383 e. The highest BCUT2D eigenvalue weighted by molar-refractivity contribution is 6.08. The number of hydrogen-bond donors (Lipinski definition) is 2. The van der Waals surface area contributed by atoms with Crippen molar-refractivity contribution in [2.45, 2.75) is 0 Å². The molecule has 0 radical (unpaired) electrons. The van der Waals surface area contributed by atoms with Crippen LogP contribution in [0.4, 0.5) is 15.9 Å². The Kier molecular flexibility index (Phi) is 2.78. The quantitative estimate of drug-likeness (QED) is 0.824. The number of benzene rings is 1. The molecule has 1 aromatic carbocycles. The zero-order valence-corrected chi connectivity index (χ0v) is 9.14. The molecule has 1 aromatic heterocycles. The number of nitrogens with one attached hydrogen (secondary N) is 1. The van der Waals surface area contributed by atoms with Crippen molar-refractivity contribution in [1.29, 1.82) is 0 Å². The lowest BCUT2D eigenvalue weighted by molar-refractivity contribution is 0.0994. The summed E-state index contributed by atoms with van der Waals surface area (Å²) < 4.78 is 12.8. The van der Waals surface area contributed by atoms with Crippen LogP contribution < -0.4 is 10.6 Å². The fourth-order valence-corrected chi connectivity index (χ4v) is 1.43. The summed E-state index contributed by atoms with van der Waals surface area (Å²) >= 11 is 0. The first-order chi connectivity index (χ1) is 8.09. The Morgan fingerprint density at radius 2 is 2.06 bits per heavy atom. The molecule has 2 aromatic rings. The van der Waals surface area contributed by atoms with Gasteiger partial charge in [-0.2, -0.15) is 5.10 Å². The SMILES string of the molecule is CN(C(=O)c1cn[nH]c1N)c1ccc(F)cc1. The number of nitrogens with two attached hydrogens (primary N) is 1. The van der Waals surface area contributed by atoms with Gasteiger partial charge in [-0.15, -0.1) is 0 Å². The second-order valence-electron chi connectivity index (χ2n) is 3.54. The summed E-state index contributed by atoms with van der Waals surface area (Å²) in [5, 5.41) is 6.16. The minimum atomic E-state index is -0.350. The number of nitrogens with zero attached hydrogens (tertiary/aromatic N) is 2. The molecule has 0 spiro atoms. The molecule has 5 nitrogen and oxygen atoms in total. The summed E-state index contributed by atoms with van der Waals surface area (Å²) in [6.07, 6.45) is 1.36. The predicted molar refractivity (Wildman–Crippen MR) is 62.1 cm³/mol. The number of halogens is 1. The molecular weight excluding hydrogens is 223 g/mol. The summed E-state index contributed by atoms with van der Waals surface area (Å²) in [5.41, 5.74) is 6.43. The van der Waals surface area contributed by atoms with E-state index in [1.807, 2.05) is 0 Å². The molecule has 0 bridgehead atoms. The molecule has 1 heterocycles. The molecule has 6 heteroatoms. The Morgan fingerprint density at radius 1 is 1.41 bits per heavy atom. The molecule has 17 heavy (non-hydrogen) atoms. The van der Waals surface area contributed by atoms with E-state index in [1.165, 1.54) is 35.4 Å². The Bertz CT molecular complexity index is 535. The van der Waals surface area contributed by atoms with Crippen LogP contribution in [0.3, 0.4) is 0 Å². The van der Waals surface area contributed by atoms with Gasteiger partial charge in [-0.25, -0.2) is 4.39 Å². The van der Waals surface area contributed by atoms with Crippen LogP contribution in [0.25, 0.3) is 0 Å². The van der Waals surface area contributed by atoms with Crippen LogP contribution in [0.5, 0.6) is 0 Å². The third-order valence-corrected chi connectivity index (χ3v) is 2.42. The van der Waals surface area contributed by atoms with E-state index in [9.17, 15) is 9.18 Å². The summed E-state index contributed by atoms with van der Waals surface area (Å²) in [6.45, 7) is 0. The smallest absolute Gasteiger partial charge is 0.263 e. The van der Waals surface area contributed by atoms with Crippen molar-refractivity contribution in [2.24, 2.45) is 0 Å². The fourth-order valence-electron chi connectivity index (χ4n) is 1.43. The van der Waals surface area contributed by atoms with Crippen molar-refractivity contribution in [3.05, 3.63) is 41.8 Å². The third kappa shape index (κ3) is 2.10. The van der Waals surface area contributed by atoms with Gasteiger partial charge in [0.1, 0.15) is 17.2 Å². The van der Waals surface area contributed by atoms with Crippen molar-refractivity contribution >= 4 is 17.4 Å². The molecule has 0 aliphatic heterocycles. The van der Waals surface area contributed by atoms with Gasteiger partial charge in [0, 0.05) is 12.7 Å². The lowest BCUT2D eigenvalue weighted by Gasteiger charge is -2.16. The van der Waals surface area contributed by atoms with Gasteiger partial charge in [0.15, 0.2) is 0 Å². The molecule has 2 rings (SSSR count). The number of rotatable bonds is 2. The van der Waals surface area contributed by atoms with Gasteiger partial charge >= 0.3 is 0 Å². The van der Waals surface area contributed by atoms with E-state index in [1.54, 1.807) is 7.05 Å². The molecular formula is C11H11FN4O. The van der Waals surface area contributed by atoms with Crippen LogP contribution in [0.2, 0.25) is 0 Å². The number of amides is 1. The number of H-pyrrole nitrogens is 1. The monoisotopic (exact) mass is 234 g/mol. The van der Waals surface area contributed by atoms with Crippen molar-refractivity contribution in [2.75, 3.05) is 17.7 Å². The third-order valence-electron chi connectivity index (χ3n) is 2.42. The van der Waals surface area contributed by atoms with Gasteiger partial charge in [0.25, 0.3) is 5.91 Å². The Labute approximate surface area is 97.0 Å². The Balaban J connectivity index is 2.26. The van der Waals surface area contributed by atoms with Gasteiger partial charge < -0.3 is 10.6 Å². The Morgan fingerprint density at radius 3 is 2.59 bits per heavy atom. The van der Waals surface area contributed by atoms with E-state index in [4.69, 9.17) is 5.73 Å². The highest BCUT2D eigenvalue weighted by atomic mass is 19.1. The van der Waals surface area contributed by atoms with Crippen molar-refractivity contribution in [1.82, 2.24) is 10.2 Å². The van der Waals surface area contributed by atoms with Gasteiger partial charge in [0.2, 0.25) is 0 Å². The molecule has 0 aliphatic rings. The van der Waals surface area contributed by atoms with Crippen LogP contribution in [-0.4, -0.2) is 23.2 Å². The Hall–Kier alpha value is -2.37. The molecule has 0 atom stereocenters. The van der Waals surface area contributed by atoms with Crippen molar-refractivity contribution in [3.8, 4) is 0 Å². The molecule has 0 saturated heterocycles. The number of hydrogen-bond acceptors (Lipinski definition) is 3. The zero-order valence-electron chi connectivity index (χ0n) is 9.14. The predicted octanol–water partition coefficient (Wildman–Crippen LogP) is 1.41. The van der Waals surface area contributed by atoms with E-state index in [-0.39, 0.29) is 23.1 Å². The standard InChI is InChI=1S/C11H11FN4O/c1-16(8-4-2-7(12)3-5-8)11(17)9-6-14-15-10(9)13/h2-6H,1H3,(H3,13,14,15). The van der Waals surface area contributed by atoms with E-state index in [2.05, 4.69) is 10.2 Å². The van der Waals surface area contributed by atoms with Crippen molar-refractivity contribution < 1.29 is 9.18 Å². The lowest BCUT2D eigenvalue weighted by atomic mass is 10.2. The van der Waals surface area contributed by atoms with E-state index in [0.717, 1.165) is 0 Å². The van der Waals surface area contributed by atoms with Gasteiger partial charge in [-0.1, -0.05) is 0 Å². The zero-order chi connectivity index (χ0) is 12.4. The first kappa shape index (κ1) is 11.1. The second kappa shape index (κ2) is 4.25. The summed E-state index contributed by atoms with van der Waals surface area (Å²) in [4.78, 5) is 13.4. The van der Waals surface area contributed by atoms with E-state index < -0.39 is 0 Å². The van der Waals surface area contributed by atoms with Crippen LogP contribution in [-0.2, 0) is 0 Å². The van der Waals surface area contributed by atoms with Crippen molar-refractivity contribution in [3.63, 3.8) is 0 Å². The fraction of sp³-hybridized carbons (Fsp3) is 0.0909. The summed E-state index contributed by atoms with van der Waals surface area (Å²) in [7, 11) is 1.59. The number of anilines is 2. The van der Waals surface area contributed by atoms with Crippen LogP contribution in [0, 0.1) is 5.82 Å². The number of aromatic amines is 1. The summed E-state index contributed by atoms with van der Waals surface area (Å²) in [6, 6.07) is 5.61. The van der Waals surface area contributed by atoms with E-state index >= 15 is 0 Å². The second-order valence-corrected chi connectivity index (χ2v) is 3.54.